The van der Waals surface area contributed by atoms with Crippen molar-refractivity contribution in [3.63, 3.8) is 0 Å². The second-order valence-corrected chi connectivity index (χ2v) is 6.79. The Labute approximate surface area is 104 Å². The van der Waals surface area contributed by atoms with Crippen molar-refractivity contribution in [2.24, 2.45) is 0 Å². The van der Waals surface area contributed by atoms with Crippen molar-refractivity contribution in [3.8, 4) is 0 Å². The molecule has 0 aromatic carbocycles. The van der Waals surface area contributed by atoms with Crippen molar-refractivity contribution in [3.05, 3.63) is 0 Å². The van der Waals surface area contributed by atoms with Crippen LogP contribution in [0.1, 0.15) is 38.5 Å². The van der Waals surface area contributed by atoms with E-state index in [2.05, 4.69) is 0 Å². The number of aliphatic hydroxyl groups excluding tert-OH is 1. The SMILES string of the molecule is O=S(=O)(N1CCCCCC1)N1CCC[C@@H]1CO. The van der Waals surface area contributed by atoms with Gasteiger partial charge in [0.1, 0.15) is 0 Å². The molecule has 5 nitrogen and oxygen atoms in total. The van der Waals surface area contributed by atoms with Gasteiger partial charge < -0.3 is 5.11 Å². The molecule has 2 heterocycles. The first-order valence-electron chi connectivity index (χ1n) is 6.54. The largest absolute Gasteiger partial charge is 0.395 e. The third kappa shape index (κ3) is 2.81. The topological polar surface area (TPSA) is 60.9 Å². The molecular formula is C11H22N2O3S. The molecule has 2 rings (SSSR count). The fourth-order valence-corrected chi connectivity index (χ4v) is 4.64. The van der Waals surface area contributed by atoms with Gasteiger partial charge in [-0.05, 0) is 25.7 Å². The third-order valence-corrected chi connectivity index (χ3v) is 5.81. The molecule has 0 amide bonds. The molecule has 0 spiro atoms. The standard InChI is InChI=1S/C11H22N2O3S/c14-10-11-6-5-9-13(11)17(15,16)12-7-3-1-2-4-8-12/h11,14H,1-10H2/t11-/m1/s1. The molecular weight excluding hydrogens is 240 g/mol. The summed E-state index contributed by atoms with van der Waals surface area (Å²) >= 11 is 0. The van der Waals surface area contributed by atoms with Gasteiger partial charge in [0.15, 0.2) is 0 Å². The Kier molecular flexibility index (Phi) is 4.41. The minimum atomic E-state index is -3.34. The van der Waals surface area contributed by atoms with E-state index in [0.717, 1.165) is 38.5 Å². The Morgan fingerprint density at radius 1 is 1.00 bits per heavy atom. The van der Waals surface area contributed by atoms with Crippen LogP contribution < -0.4 is 0 Å². The van der Waals surface area contributed by atoms with Crippen LogP contribution in [0.15, 0.2) is 0 Å². The van der Waals surface area contributed by atoms with E-state index < -0.39 is 10.2 Å². The van der Waals surface area contributed by atoms with E-state index in [4.69, 9.17) is 0 Å². The zero-order valence-corrected chi connectivity index (χ0v) is 11.0. The van der Waals surface area contributed by atoms with Gasteiger partial charge >= 0.3 is 0 Å². The molecule has 2 saturated heterocycles. The van der Waals surface area contributed by atoms with E-state index in [-0.39, 0.29) is 12.6 Å². The number of hydrogen-bond donors (Lipinski definition) is 1. The first-order chi connectivity index (χ1) is 8.16. The number of rotatable bonds is 3. The number of aliphatic hydroxyl groups is 1. The molecule has 2 aliphatic rings. The van der Waals surface area contributed by atoms with Crippen LogP contribution in [0, 0.1) is 0 Å². The average molecular weight is 262 g/mol. The highest BCUT2D eigenvalue weighted by Crippen LogP contribution is 2.24. The molecule has 2 aliphatic heterocycles. The molecule has 1 atom stereocenters. The number of nitrogens with zero attached hydrogens (tertiary/aromatic N) is 2. The summed E-state index contributed by atoms with van der Waals surface area (Å²) in [6.07, 6.45) is 5.79. The van der Waals surface area contributed by atoms with Crippen LogP contribution in [0.25, 0.3) is 0 Å². The van der Waals surface area contributed by atoms with Crippen molar-refractivity contribution >= 4 is 10.2 Å². The fraction of sp³-hybridized carbons (Fsp3) is 1.00. The van der Waals surface area contributed by atoms with Gasteiger partial charge in [0.05, 0.1) is 6.61 Å². The molecule has 0 bridgehead atoms. The predicted molar refractivity (Wildman–Crippen MR) is 65.8 cm³/mol. The minimum Gasteiger partial charge on any atom is -0.395 e. The van der Waals surface area contributed by atoms with E-state index in [1.165, 1.54) is 4.31 Å². The van der Waals surface area contributed by atoms with E-state index in [1.807, 2.05) is 0 Å². The molecule has 2 fully saturated rings. The van der Waals surface area contributed by atoms with Gasteiger partial charge in [-0.1, -0.05) is 12.8 Å². The monoisotopic (exact) mass is 262 g/mol. The summed E-state index contributed by atoms with van der Waals surface area (Å²) in [5.74, 6) is 0. The number of hydrogen-bond acceptors (Lipinski definition) is 3. The van der Waals surface area contributed by atoms with E-state index in [1.54, 1.807) is 4.31 Å². The zero-order chi connectivity index (χ0) is 12.3. The molecule has 0 aliphatic carbocycles. The summed E-state index contributed by atoms with van der Waals surface area (Å²) in [6.45, 7) is 1.77. The second-order valence-electron chi connectivity index (χ2n) is 4.91. The van der Waals surface area contributed by atoms with Gasteiger partial charge in [-0.25, -0.2) is 0 Å². The smallest absolute Gasteiger partial charge is 0.282 e. The van der Waals surface area contributed by atoms with Gasteiger partial charge in [-0.2, -0.15) is 17.0 Å². The van der Waals surface area contributed by atoms with Crippen LogP contribution in [0.5, 0.6) is 0 Å². The Morgan fingerprint density at radius 2 is 1.65 bits per heavy atom. The van der Waals surface area contributed by atoms with Gasteiger partial charge in [0.25, 0.3) is 10.2 Å². The second kappa shape index (κ2) is 5.65. The van der Waals surface area contributed by atoms with Crippen LogP contribution >= 0.6 is 0 Å². The van der Waals surface area contributed by atoms with Gasteiger partial charge in [0.2, 0.25) is 0 Å². The lowest BCUT2D eigenvalue weighted by Gasteiger charge is -2.29. The Bertz CT molecular complexity index is 337. The molecule has 0 aromatic heterocycles. The molecule has 100 valence electrons. The molecule has 0 radical (unpaired) electrons. The first-order valence-corrected chi connectivity index (χ1v) is 7.94. The van der Waals surface area contributed by atoms with Gasteiger partial charge in [0, 0.05) is 25.7 Å². The lowest BCUT2D eigenvalue weighted by atomic mass is 10.2. The van der Waals surface area contributed by atoms with Crippen LogP contribution in [0.2, 0.25) is 0 Å². The van der Waals surface area contributed by atoms with E-state index in [9.17, 15) is 13.5 Å². The summed E-state index contributed by atoms with van der Waals surface area (Å²) < 4.78 is 28.0. The molecule has 6 heteroatoms. The summed E-state index contributed by atoms with van der Waals surface area (Å²) in [5.41, 5.74) is 0. The van der Waals surface area contributed by atoms with E-state index in [0.29, 0.717) is 19.6 Å². The Hall–Kier alpha value is -0.170. The fourth-order valence-electron chi connectivity index (χ4n) is 2.72. The molecule has 0 saturated carbocycles. The quantitative estimate of drug-likeness (QED) is 0.808. The van der Waals surface area contributed by atoms with Crippen LogP contribution in [0.3, 0.4) is 0 Å². The van der Waals surface area contributed by atoms with Crippen molar-refractivity contribution in [2.45, 2.75) is 44.6 Å². The summed E-state index contributed by atoms with van der Waals surface area (Å²) in [4.78, 5) is 0. The maximum absolute atomic E-state index is 12.5. The lowest BCUT2D eigenvalue weighted by Crippen LogP contribution is -2.47. The maximum atomic E-state index is 12.5. The van der Waals surface area contributed by atoms with Crippen LogP contribution in [-0.2, 0) is 10.2 Å². The molecule has 0 unspecified atom stereocenters. The molecule has 0 aromatic rings. The highest BCUT2D eigenvalue weighted by atomic mass is 32.2. The highest BCUT2D eigenvalue weighted by molar-refractivity contribution is 7.86. The summed E-state index contributed by atoms with van der Waals surface area (Å²) in [7, 11) is -3.34. The van der Waals surface area contributed by atoms with Crippen LogP contribution in [-0.4, -0.2) is 54.4 Å². The van der Waals surface area contributed by atoms with Gasteiger partial charge in [-0.3, -0.25) is 0 Å². The normalized spacial score (nSPS) is 29.4. The van der Waals surface area contributed by atoms with Crippen molar-refractivity contribution < 1.29 is 13.5 Å². The predicted octanol–water partition coefficient (Wildman–Crippen LogP) is 0.564. The minimum absolute atomic E-state index is 0.0624. The highest BCUT2D eigenvalue weighted by Gasteiger charge is 2.37. The molecule has 1 N–H and O–H groups in total. The van der Waals surface area contributed by atoms with Gasteiger partial charge in [-0.15, -0.1) is 0 Å². The molecule has 17 heavy (non-hydrogen) atoms. The van der Waals surface area contributed by atoms with Crippen molar-refractivity contribution in [2.75, 3.05) is 26.2 Å². The van der Waals surface area contributed by atoms with Crippen LogP contribution in [0.4, 0.5) is 0 Å². The summed E-state index contributed by atoms with van der Waals surface area (Å²) in [5, 5.41) is 9.23. The Balaban J connectivity index is 2.11. The summed E-state index contributed by atoms with van der Waals surface area (Å²) in [6, 6.07) is -0.205. The van der Waals surface area contributed by atoms with E-state index >= 15 is 0 Å². The first kappa shape index (κ1) is 13.3. The third-order valence-electron chi connectivity index (χ3n) is 3.72. The average Bonchev–Trinajstić information content (AvgIpc) is 2.63. The Morgan fingerprint density at radius 3 is 2.24 bits per heavy atom. The van der Waals surface area contributed by atoms with Crippen molar-refractivity contribution in [1.82, 2.24) is 8.61 Å². The zero-order valence-electron chi connectivity index (χ0n) is 10.2. The van der Waals surface area contributed by atoms with Crippen molar-refractivity contribution in [1.29, 1.82) is 0 Å². The lowest BCUT2D eigenvalue weighted by molar-refractivity contribution is 0.206. The maximum Gasteiger partial charge on any atom is 0.282 e.